The minimum absolute atomic E-state index is 0.130. The van der Waals surface area contributed by atoms with Gasteiger partial charge in [-0.1, -0.05) is 0 Å². The second-order valence-electron chi connectivity index (χ2n) is 3.25. The third-order valence-corrected chi connectivity index (χ3v) is 3.32. The minimum Gasteiger partial charge on any atom is -0.467 e. The summed E-state index contributed by atoms with van der Waals surface area (Å²) in [5.41, 5.74) is 0. The van der Waals surface area contributed by atoms with Gasteiger partial charge in [0, 0.05) is 5.75 Å². The molecule has 3 heterocycles. The first-order valence-electron chi connectivity index (χ1n) is 4.71. The van der Waals surface area contributed by atoms with Gasteiger partial charge in [-0.2, -0.15) is 0 Å². The van der Waals surface area contributed by atoms with E-state index in [2.05, 4.69) is 4.99 Å². The second-order valence-corrected chi connectivity index (χ2v) is 4.26. The normalized spacial score (nSPS) is 20.5. The van der Waals surface area contributed by atoms with Crippen molar-refractivity contribution in [3.05, 3.63) is 48.3 Å². The zero-order chi connectivity index (χ0) is 10.1. The molecule has 1 unspecified atom stereocenters. The van der Waals surface area contributed by atoms with Crippen molar-refractivity contribution in [3.63, 3.8) is 0 Å². The minimum atomic E-state index is 0.130. The summed E-state index contributed by atoms with van der Waals surface area (Å²) in [5.74, 6) is 2.68. The van der Waals surface area contributed by atoms with E-state index in [0.717, 1.165) is 22.3 Å². The van der Waals surface area contributed by atoms with Gasteiger partial charge < -0.3 is 8.83 Å². The molecule has 0 radical (unpaired) electrons. The SMILES string of the molecule is c1coc(C2=NC(c3ccco3)CS2)c1. The molecule has 1 atom stereocenters. The Morgan fingerprint density at radius 1 is 1.20 bits per heavy atom. The predicted molar refractivity (Wildman–Crippen MR) is 59.2 cm³/mol. The lowest BCUT2D eigenvalue weighted by atomic mass is 10.3. The Hall–Kier alpha value is -1.42. The van der Waals surface area contributed by atoms with E-state index in [1.165, 1.54) is 0 Å². The summed E-state index contributed by atoms with van der Waals surface area (Å²) >= 11 is 1.70. The topological polar surface area (TPSA) is 38.6 Å². The molecule has 0 N–H and O–H groups in total. The number of hydrogen-bond donors (Lipinski definition) is 0. The van der Waals surface area contributed by atoms with Crippen molar-refractivity contribution in [1.82, 2.24) is 0 Å². The number of thioether (sulfide) groups is 1. The van der Waals surface area contributed by atoms with Gasteiger partial charge in [0.15, 0.2) is 5.76 Å². The average Bonchev–Trinajstić information content (AvgIpc) is 3.02. The van der Waals surface area contributed by atoms with Crippen molar-refractivity contribution < 1.29 is 8.83 Å². The molecule has 0 aromatic carbocycles. The molecule has 1 aliphatic heterocycles. The molecule has 0 spiro atoms. The number of aliphatic imine (C=N–C) groups is 1. The molecule has 0 bridgehead atoms. The summed E-state index contributed by atoms with van der Waals surface area (Å²) < 4.78 is 10.6. The Bertz CT molecular complexity index is 459. The Kier molecular flexibility index (Phi) is 2.14. The van der Waals surface area contributed by atoms with Crippen LogP contribution in [-0.4, -0.2) is 10.8 Å². The summed E-state index contributed by atoms with van der Waals surface area (Å²) in [6, 6.07) is 7.78. The van der Waals surface area contributed by atoms with Crippen LogP contribution in [0.5, 0.6) is 0 Å². The van der Waals surface area contributed by atoms with E-state index < -0.39 is 0 Å². The van der Waals surface area contributed by atoms with Gasteiger partial charge in [0.05, 0.1) is 12.5 Å². The van der Waals surface area contributed by atoms with E-state index in [1.807, 2.05) is 24.3 Å². The van der Waals surface area contributed by atoms with Gasteiger partial charge in [-0.15, -0.1) is 11.8 Å². The fourth-order valence-electron chi connectivity index (χ4n) is 1.54. The lowest BCUT2D eigenvalue weighted by Gasteiger charge is -1.98. The van der Waals surface area contributed by atoms with Crippen LogP contribution in [0.25, 0.3) is 0 Å². The molecule has 0 fully saturated rings. The standard InChI is InChI=1S/C11H9NO2S/c1-3-9(13-5-1)8-7-15-11(12-8)10-4-2-6-14-10/h1-6,8H,7H2. The quantitative estimate of drug-likeness (QED) is 0.779. The molecule has 2 aromatic rings. The summed E-state index contributed by atoms with van der Waals surface area (Å²) in [7, 11) is 0. The molecule has 3 nitrogen and oxygen atoms in total. The highest BCUT2D eigenvalue weighted by Gasteiger charge is 2.23. The van der Waals surface area contributed by atoms with Gasteiger partial charge in [0.25, 0.3) is 0 Å². The third kappa shape index (κ3) is 1.61. The smallest absolute Gasteiger partial charge is 0.158 e. The molecule has 0 saturated carbocycles. The van der Waals surface area contributed by atoms with E-state index in [4.69, 9.17) is 8.83 Å². The van der Waals surface area contributed by atoms with Crippen LogP contribution < -0.4 is 0 Å². The Labute approximate surface area is 91.2 Å². The van der Waals surface area contributed by atoms with Gasteiger partial charge in [-0.3, -0.25) is 4.99 Å². The van der Waals surface area contributed by atoms with Crippen LogP contribution in [0.1, 0.15) is 17.6 Å². The van der Waals surface area contributed by atoms with E-state index in [9.17, 15) is 0 Å². The van der Waals surface area contributed by atoms with Crippen molar-refractivity contribution in [1.29, 1.82) is 0 Å². The number of rotatable bonds is 2. The lowest BCUT2D eigenvalue weighted by Crippen LogP contribution is -1.90. The van der Waals surface area contributed by atoms with Crippen LogP contribution in [0, 0.1) is 0 Å². The van der Waals surface area contributed by atoms with Gasteiger partial charge in [-0.05, 0) is 24.3 Å². The first kappa shape index (κ1) is 8.85. The Morgan fingerprint density at radius 3 is 2.80 bits per heavy atom. The average molecular weight is 219 g/mol. The largest absolute Gasteiger partial charge is 0.467 e. The molecular weight excluding hydrogens is 210 g/mol. The molecule has 76 valence electrons. The third-order valence-electron chi connectivity index (χ3n) is 2.25. The van der Waals surface area contributed by atoms with Crippen LogP contribution in [0.2, 0.25) is 0 Å². The molecule has 2 aromatic heterocycles. The predicted octanol–water partition coefficient (Wildman–Crippen LogP) is 3.11. The van der Waals surface area contributed by atoms with Crippen molar-refractivity contribution in [3.8, 4) is 0 Å². The van der Waals surface area contributed by atoms with E-state index in [0.29, 0.717) is 0 Å². The summed E-state index contributed by atoms with van der Waals surface area (Å²) in [4.78, 5) is 4.57. The van der Waals surface area contributed by atoms with Crippen LogP contribution in [0.4, 0.5) is 0 Å². The van der Waals surface area contributed by atoms with Gasteiger partial charge >= 0.3 is 0 Å². The van der Waals surface area contributed by atoms with Crippen molar-refractivity contribution in [2.24, 2.45) is 4.99 Å². The molecule has 0 saturated heterocycles. The summed E-state index contributed by atoms with van der Waals surface area (Å²) in [5, 5.41) is 0.960. The fraction of sp³-hybridized carbons (Fsp3) is 0.182. The maximum atomic E-state index is 5.33. The second kappa shape index (κ2) is 3.62. The number of nitrogens with zero attached hydrogens (tertiary/aromatic N) is 1. The summed E-state index contributed by atoms with van der Waals surface area (Å²) in [6.07, 6.45) is 3.35. The highest BCUT2D eigenvalue weighted by atomic mass is 32.2. The van der Waals surface area contributed by atoms with Crippen molar-refractivity contribution in [2.45, 2.75) is 6.04 Å². The highest BCUT2D eigenvalue weighted by Crippen LogP contribution is 2.33. The highest BCUT2D eigenvalue weighted by molar-refractivity contribution is 8.14. The summed E-state index contributed by atoms with van der Waals surface area (Å²) in [6.45, 7) is 0. The zero-order valence-corrected chi connectivity index (χ0v) is 8.74. The maximum Gasteiger partial charge on any atom is 0.158 e. The Balaban J connectivity index is 1.87. The first-order valence-corrected chi connectivity index (χ1v) is 5.70. The van der Waals surface area contributed by atoms with Crippen LogP contribution >= 0.6 is 11.8 Å². The molecular formula is C11H9NO2S. The van der Waals surface area contributed by atoms with Crippen molar-refractivity contribution >= 4 is 16.8 Å². The van der Waals surface area contributed by atoms with E-state index >= 15 is 0 Å². The van der Waals surface area contributed by atoms with Gasteiger partial charge in [-0.25, -0.2) is 0 Å². The Morgan fingerprint density at radius 2 is 2.07 bits per heavy atom. The molecule has 0 amide bonds. The molecule has 1 aliphatic rings. The molecule has 0 aliphatic carbocycles. The fourth-order valence-corrected chi connectivity index (χ4v) is 2.55. The molecule has 15 heavy (non-hydrogen) atoms. The van der Waals surface area contributed by atoms with Crippen molar-refractivity contribution in [2.75, 3.05) is 5.75 Å². The van der Waals surface area contributed by atoms with Gasteiger partial charge in [0.1, 0.15) is 16.8 Å². The molecule has 3 rings (SSSR count). The number of furan rings is 2. The first-order chi connectivity index (χ1) is 7.43. The van der Waals surface area contributed by atoms with Crippen LogP contribution in [0.15, 0.2) is 50.6 Å². The van der Waals surface area contributed by atoms with E-state index in [-0.39, 0.29) is 6.04 Å². The monoisotopic (exact) mass is 219 g/mol. The lowest BCUT2D eigenvalue weighted by molar-refractivity contribution is 0.484. The molecule has 4 heteroatoms. The maximum absolute atomic E-state index is 5.33. The van der Waals surface area contributed by atoms with Crippen LogP contribution in [-0.2, 0) is 0 Å². The van der Waals surface area contributed by atoms with E-state index in [1.54, 1.807) is 24.3 Å². The zero-order valence-electron chi connectivity index (χ0n) is 7.92. The number of hydrogen-bond acceptors (Lipinski definition) is 4. The van der Waals surface area contributed by atoms with Gasteiger partial charge in [0.2, 0.25) is 0 Å². The van der Waals surface area contributed by atoms with Crippen LogP contribution in [0.3, 0.4) is 0 Å².